The third-order valence-electron chi connectivity index (χ3n) is 4.27. The van der Waals surface area contributed by atoms with E-state index in [-0.39, 0.29) is 27.4 Å². The van der Waals surface area contributed by atoms with Crippen LogP contribution >= 0.6 is 34.5 Å². The molecule has 0 atom stereocenters. The number of hydrogen-bond acceptors (Lipinski definition) is 8. The number of nitrogens with zero attached hydrogens (tertiary/aromatic N) is 4. The number of nitrogens with one attached hydrogen (secondary N) is 1. The molecule has 3 aromatic carbocycles. The van der Waals surface area contributed by atoms with Gasteiger partial charge in [-0.25, -0.2) is 0 Å². The first kappa shape index (κ1) is 22.6. The number of thiazole rings is 1. The molecule has 0 spiro atoms. The van der Waals surface area contributed by atoms with Gasteiger partial charge in [0, 0.05) is 15.6 Å². The largest absolute Gasteiger partial charge is 0.491 e. The fourth-order valence-electron chi connectivity index (χ4n) is 2.65. The number of hydrogen-bond donors (Lipinski definition) is 2. The van der Waals surface area contributed by atoms with Crippen LogP contribution in [0.25, 0.3) is 0 Å². The molecule has 0 bridgehead atoms. The minimum Gasteiger partial charge on any atom is -0.491 e. The van der Waals surface area contributed by atoms with Crippen LogP contribution in [0.4, 0.5) is 16.4 Å². The molecule has 0 amide bonds. The van der Waals surface area contributed by atoms with E-state index >= 15 is 0 Å². The third kappa shape index (κ3) is 5.81. The van der Waals surface area contributed by atoms with Crippen molar-refractivity contribution in [2.75, 3.05) is 5.43 Å². The van der Waals surface area contributed by atoms with Crippen LogP contribution < -0.4 is 5.43 Å². The fourth-order valence-corrected chi connectivity index (χ4v) is 3.67. The van der Waals surface area contributed by atoms with Gasteiger partial charge < -0.3 is 5.11 Å². The monoisotopic (exact) mass is 495 g/mol. The van der Waals surface area contributed by atoms with E-state index in [1.165, 1.54) is 0 Å². The van der Waals surface area contributed by atoms with Crippen molar-refractivity contribution < 1.29 is 9.90 Å². The highest BCUT2D eigenvalue weighted by Crippen LogP contribution is 2.35. The maximum absolute atomic E-state index is 13.2. The molecular formula is C23H15Cl2N5O2S. The molecule has 10 heteroatoms. The van der Waals surface area contributed by atoms with Crippen molar-refractivity contribution in [3.05, 3.63) is 99.5 Å². The Morgan fingerprint density at radius 3 is 2.18 bits per heavy atom. The zero-order valence-corrected chi connectivity index (χ0v) is 19.1. The molecule has 0 saturated carbocycles. The predicted molar refractivity (Wildman–Crippen MR) is 132 cm³/mol. The molecule has 0 saturated heterocycles. The molecule has 0 aliphatic carbocycles. The summed E-state index contributed by atoms with van der Waals surface area (Å²) in [5.41, 5.74) is 4.46. The number of rotatable bonds is 7. The Bertz CT molecular complexity index is 1320. The second-order valence-electron chi connectivity index (χ2n) is 6.60. The first-order valence-corrected chi connectivity index (χ1v) is 11.1. The molecule has 7 nitrogen and oxygen atoms in total. The average Bonchev–Trinajstić information content (AvgIpc) is 3.20. The van der Waals surface area contributed by atoms with Crippen molar-refractivity contribution in [2.45, 2.75) is 0 Å². The fraction of sp³-hybridized carbons (Fsp3) is 0. The smallest absolute Gasteiger partial charge is 0.251 e. The minimum atomic E-state index is -0.369. The number of hydrazone groups is 1. The van der Waals surface area contributed by atoms with Gasteiger partial charge in [0.05, 0.1) is 11.4 Å². The first-order chi connectivity index (χ1) is 16.0. The summed E-state index contributed by atoms with van der Waals surface area (Å²) in [7, 11) is 0. The summed E-state index contributed by atoms with van der Waals surface area (Å²) in [5.74, 6) is -0.722. The zero-order valence-electron chi connectivity index (χ0n) is 16.8. The van der Waals surface area contributed by atoms with Crippen LogP contribution in [0.1, 0.15) is 15.4 Å². The van der Waals surface area contributed by atoms with Crippen molar-refractivity contribution in [1.29, 1.82) is 0 Å². The maximum atomic E-state index is 13.2. The molecule has 0 fully saturated rings. The number of aromatic nitrogens is 1. The van der Waals surface area contributed by atoms with E-state index in [9.17, 15) is 9.90 Å². The third-order valence-corrected chi connectivity index (χ3v) is 5.71. The Kier molecular flexibility index (Phi) is 7.09. The Labute approximate surface area is 203 Å². The minimum absolute atomic E-state index is 0.0180. The molecule has 0 aliphatic heterocycles. The lowest BCUT2D eigenvalue weighted by Crippen LogP contribution is -2.17. The van der Waals surface area contributed by atoms with Crippen LogP contribution in [0.5, 0.6) is 5.88 Å². The number of halogens is 2. The van der Waals surface area contributed by atoms with Crippen LogP contribution in [-0.4, -0.2) is 21.6 Å². The zero-order chi connectivity index (χ0) is 23.2. The van der Waals surface area contributed by atoms with Gasteiger partial charge in [-0.15, -0.1) is 10.2 Å². The normalized spacial score (nSPS) is 11.6. The molecule has 2 N–H and O–H groups in total. The molecule has 1 aromatic heterocycles. The van der Waals surface area contributed by atoms with E-state index in [1.54, 1.807) is 72.8 Å². The number of Topliss-reactive ketones (excluding diaryl/α,β-unsaturated/α-hetero) is 1. The van der Waals surface area contributed by atoms with Gasteiger partial charge in [0.2, 0.25) is 10.8 Å². The summed E-state index contributed by atoms with van der Waals surface area (Å²) in [6.07, 6.45) is 0. The number of benzene rings is 3. The maximum Gasteiger partial charge on any atom is 0.251 e. The van der Waals surface area contributed by atoms with E-state index in [1.807, 2.05) is 6.07 Å². The van der Waals surface area contributed by atoms with E-state index in [2.05, 4.69) is 25.7 Å². The van der Waals surface area contributed by atoms with E-state index in [0.717, 1.165) is 11.3 Å². The Hall–Kier alpha value is -3.59. The standard InChI is InChI=1S/C23H15Cl2N5O2S/c24-15-6-10-17(11-7-15)27-29-19(20(31)14-4-2-1-3-5-14)22-26-21(32)23(33-22)30-28-18-12-8-16(25)9-13-18/h1-13,27,32H. The van der Waals surface area contributed by atoms with Gasteiger partial charge in [0.1, 0.15) is 0 Å². The summed E-state index contributed by atoms with van der Waals surface area (Å²) >= 11 is 12.8. The molecule has 1 heterocycles. The van der Waals surface area contributed by atoms with Crippen molar-refractivity contribution in [3.8, 4) is 5.88 Å². The van der Waals surface area contributed by atoms with Gasteiger partial charge in [-0.1, -0.05) is 64.9 Å². The topological polar surface area (TPSA) is 99.3 Å². The molecule has 0 unspecified atom stereocenters. The van der Waals surface area contributed by atoms with E-state index in [0.29, 0.717) is 27.0 Å². The van der Waals surface area contributed by atoms with Gasteiger partial charge in [-0.05, 0) is 48.5 Å². The van der Waals surface area contributed by atoms with Crippen LogP contribution in [0.15, 0.2) is 94.2 Å². The lowest BCUT2D eigenvalue weighted by atomic mass is 10.1. The van der Waals surface area contributed by atoms with Crippen molar-refractivity contribution in [3.63, 3.8) is 0 Å². The van der Waals surface area contributed by atoms with Gasteiger partial charge in [0.15, 0.2) is 10.7 Å². The van der Waals surface area contributed by atoms with Crippen LogP contribution in [0.3, 0.4) is 0 Å². The quantitative estimate of drug-likeness (QED) is 0.122. The number of anilines is 1. The van der Waals surface area contributed by atoms with Crippen LogP contribution in [0, 0.1) is 0 Å². The Balaban J connectivity index is 1.67. The highest BCUT2D eigenvalue weighted by atomic mass is 35.5. The van der Waals surface area contributed by atoms with Crippen LogP contribution in [-0.2, 0) is 0 Å². The first-order valence-electron chi connectivity index (χ1n) is 9.56. The van der Waals surface area contributed by atoms with Crippen molar-refractivity contribution in [1.82, 2.24) is 4.98 Å². The van der Waals surface area contributed by atoms with Gasteiger partial charge in [-0.2, -0.15) is 10.1 Å². The summed E-state index contributed by atoms with van der Waals surface area (Å²) in [5, 5.41) is 24.2. The molecule has 0 aliphatic rings. The Morgan fingerprint density at radius 1 is 0.879 bits per heavy atom. The summed E-state index contributed by atoms with van der Waals surface area (Å²) in [6, 6.07) is 22.2. The lowest BCUT2D eigenvalue weighted by Gasteiger charge is -2.05. The second-order valence-corrected chi connectivity index (χ2v) is 8.45. The average molecular weight is 496 g/mol. The van der Waals surface area contributed by atoms with Crippen molar-refractivity contribution in [2.24, 2.45) is 15.3 Å². The van der Waals surface area contributed by atoms with Gasteiger partial charge >= 0.3 is 0 Å². The number of aromatic hydroxyl groups is 1. The SMILES string of the molecule is O=C(C(=NNc1ccc(Cl)cc1)c1nc(O)c(N=Nc2ccc(Cl)cc2)s1)c1ccccc1. The number of azo groups is 1. The molecular weight excluding hydrogens is 481 g/mol. The molecule has 164 valence electrons. The summed E-state index contributed by atoms with van der Waals surface area (Å²) in [6.45, 7) is 0. The number of carbonyl (C=O) groups excluding carboxylic acids is 1. The van der Waals surface area contributed by atoms with E-state index in [4.69, 9.17) is 23.2 Å². The number of ketones is 1. The highest BCUT2D eigenvalue weighted by Gasteiger charge is 2.23. The molecule has 4 aromatic rings. The Morgan fingerprint density at radius 2 is 1.52 bits per heavy atom. The van der Waals surface area contributed by atoms with Gasteiger partial charge in [0.25, 0.3) is 5.88 Å². The predicted octanol–water partition coefficient (Wildman–Crippen LogP) is 7.27. The summed E-state index contributed by atoms with van der Waals surface area (Å²) < 4.78 is 0. The molecule has 4 rings (SSSR count). The highest BCUT2D eigenvalue weighted by molar-refractivity contribution is 7.18. The second kappa shape index (κ2) is 10.4. The van der Waals surface area contributed by atoms with Gasteiger partial charge in [-0.3, -0.25) is 10.2 Å². The lowest BCUT2D eigenvalue weighted by molar-refractivity contribution is 0.106. The molecule has 33 heavy (non-hydrogen) atoms. The molecule has 0 radical (unpaired) electrons. The summed E-state index contributed by atoms with van der Waals surface area (Å²) in [4.78, 5) is 17.3. The van der Waals surface area contributed by atoms with Crippen LogP contribution in [0.2, 0.25) is 10.0 Å². The number of carbonyl (C=O) groups is 1. The van der Waals surface area contributed by atoms with Crippen molar-refractivity contribution >= 4 is 62.4 Å². The van der Waals surface area contributed by atoms with E-state index < -0.39 is 0 Å².